The number of hydrogen-bond acceptors (Lipinski definition) is 5. The molecule has 0 aliphatic carbocycles. The standard InChI is InChI=1S/C22H30N2O4/c1-13-9-19(25)28-18-10-16(7-8-17(13)18)27-14(2)20(26)23-15-11-21(3,4)24-22(5,6)12-15/h7-10,14-15,24H,11-12H2,1-6H3,(H,23,26)/t14-/m0/s1. The van der Waals surface area contributed by atoms with E-state index in [1.807, 2.05) is 13.0 Å². The van der Waals surface area contributed by atoms with Crippen LogP contribution in [-0.2, 0) is 4.79 Å². The average molecular weight is 386 g/mol. The summed E-state index contributed by atoms with van der Waals surface area (Å²) in [5, 5.41) is 7.59. The van der Waals surface area contributed by atoms with Crippen LogP contribution in [0.2, 0.25) is 0 Å². The van der Waals surface area contributed by atoms with E-state index in [9.17, 15) is 9.59 Å². The average Bonchev–Trinajstić information content (AvgIpc) is 2.51. The molecule has 2 N–H and O–H groups in total. The van der Waals surface area contributed by atoms with Crippen molar-refractivity contribution in [2.24, 2.45) is 0 Å². The van der Waals surface area contributed by atoms with Gasteiger partial charge in [-0.15, -0.1) is 0 Å². The van der Waals surface area contributed by atoms with Gasteiger partial charge in [-0.05, 0) is 72.1 Å². The predicted molar refractivity (Wildman–Crippen MR) is 110 cm³/mol. The Labute approximate surface area is 165 Å². The molecule has 2 heterocycles. The highest BCUT2D eigenvalue weighted by molar-refractivity contribution is 5.83. The summed E-state index contributed by atoms with van der Waals surface area (Å²) < 4.78 is 11.1. The first-order valence-corrected chi connectivity index (χ1v) is 9.75. The van der Waals surface area contributed by atoms with E-state index in [0.29, 0.717) is 11.3 Å². The van der Waals surface area contributed by atoms with Crippen LogP contribution in [0.3, 0.4) is 0 Å². The second kappa shape index (κ2) is 7.24. The van der Waals surface area contributed by atoms with Crippen molar-refractivity contribution in [2.45, 2.75) is 77.6 Å². The van der Waals surface area contributed by atoms with Crippen LogP contribution in [0.1, 0.15) is 53.0 Å². The lowest BCUT2D eigenvalue weighted by atomic mass is 9.79. The second-order valence-electron chi connectivity index (χ2n) is 9.17. The van der Waals surface area contributed by atoms with Crippen molar-refractivity contribution in [3.05, 3.63) is 40.2 Å². The number of carbonyl (C=O) groups is 1. The number of hydrogen-bond donors (Lipinski definition) is 2. The Morgan fingerprint density at radius 1 is 1.21 bits per heavy atom. The largest absolute Gasteiger partial charge is 0.481 e. The van der Waals surface area contributed by atoms with Crippen molar-refractivity contribution in [3.63, 3.8) is 0 Å². The molecule has 1 saturated heterocycles. The Hall–Kier alpha value is -2.34. The molecule has 6 heteroatoms. The summed E-state index contributed by atoms with van der Waals surface area (Å²) in [6.45, 7) is 12.2. The molecule has 1 amide bonds. The monoisotopic (exact) mass is 386 g/mol. The molecular weight excluding hydrogens is 356 g/mol. The first-order valence-electron chi connectivity index (χ1n) is 9.75. The lowest BCUT2D eigenvalue weighted by molar-refractivity contribution is -0.128. The molecule has 0 saturated carbocycles. The number of rotatable bonds is 4. The van der Waals surface area contributed by atoms with E-state index in [-0.39, 0.29) is 23.0 Å². The van der Waals surface area contributed by atoms with Gasteiger partial charge in [0, 0.05) is 34.6 Å². The maximum Gasteiger partial charge on any atom is 0.336 e. The highest BCUT2D eigenvalue weighted by Gasteiger charge is 2.38. The molecule has 1 aromatic carbocycles. The Balaban J connectivity index is 1.69. The number of carbonyl (C=O) groups excluding carboxylic acids is 1. The summed E-state index contributed by atoms with van der Waals surface area (Å²) in [5.41, 5.74) is 0.815. The summed E-state index contributed by atoms with van der Waals surface area (Å²) in [6.07, 6.45) is 1.06. The van der Waals surface area contributed by atoms with Crippen molar-refractivity contribution in [1.82, 2.24) is 10.6 Å². The van der Waals surface area contributed by atoms with Gasteiger partial charge in [-0.3, -0.25) is 4.79 Å². The van der Waals surface area contributed by atoms with Crippen molar-refractivity contribution in [2.75, 3.05) is 0 Å². The van der Waals surface area contributed by atoms with Crippen LogP contribution in [0.4, 0.5) is 0 Å². The van der Waals surface area contributed by atoms with Gasteiger partial charge < -0.3 is 19.8 Å². The number of ether oxygens (including phenoxy) is 1. The molecule has 1 aliphatic heterocycles. The lowest BCUT2D eigenvalue weighted by Gasteiger charge is -2.46. The van der Waals surface area contributed by atoms with Gasteiger partial charge in [0.2, 0.25) is 0 Å². The topological polar surface area (TPSA) is 80.6 Å². The highest BCUT2D eigenvalue weighted by atomic mass is 16.5. The van der Waals surface area contributed by atoms with Gasteiger partial charge in [0.1, 0.15) is 11.3 Å². The Morgan fingerprint density at radius 3 is 2.50 bits per heavy atom. The molecule has 152 valence electrons. The summed E-state index contributed by atoms with van der Waals surface area (Å²) in [4.78, 5) is 24.3. The fourth-order valence-corrected chi connectivity index (χ4v) is 4.38. The van der Waals surface area contributed by atoms with E-state index in [4.69, 9.17) is 9.15 Å². The number of aryl methyl sites for hydroxylation is 1. The third-order valence-corrected chi connectivity index (χ3v) is 5.14. The molecule has 0 bridgehead atoms. The van der Waals surface area contributed by atoms with Crippen LogP contribution in [-0.4, -0.2) is 29.1 Å². The molecule has 2 aromatic rings. The van der Waals surface area contributed by atoms with Crippen molar-refractivity contribution in [3.8, 4) is 5.75 Å². The molecule has 1 aromatic heterocycles. The van der Waals surface area contributed by atoms with Crippen LogP contribution in [0.25, 0.3) is 11.0 Å². The molecule has 1 fully saturated rings. The van der Waals surface area contributed by atoms with E-state index >= 15 is 0 Å². The minimum Gasteiger partial charge on any atom is -0.481 e. The Morgan fingerprint density at radius 2 is 1.86 bits per heavy atom. The first-order chi connectivity index (χ1) is 12.9. The summed E-state index contributed by atoms with van der Waals surface area (Å²) in [7, 11) is 0. The van der Waals surface area contributed by atoms with E-state index < -0.39 is 11.7 Å². The third kappa shape index (κ3) is 4.73. The van der Waals surface area contributed by atoms with Gasteiger partial charge in [-0.1, -0.05) is 0 Å². The molecule has 0 unspecified atom stereocenters. The summed E-state index contributed by atoms with van der Waals surface area (Å²) in [5.74, 6) is 0.346. The van der Waals surface area contributed by atoms with Crippen LogP contribution in [0.15, 0.2) is 33.5 Å². The van der Waals surface area contributed by atoms with E-state index in [1.54, 1.807) is 19.1 Å². The summed E-state index contributed by atoms with van der Waals surface area (Å²) in [6, 6.07) is 6.83. The van der Waals surface area contributed by atoms with Crippen LogP contribution < -0.4 is 21.0 Å². The Kier molecular flexibility index (Phi) is 5.28. The van der Waals surface area contributed by atoms with Gasteiger partial charge in [0.25, 0.3) is 5.91 Å². The molecular formula is C22H30N2O4. The first kappa shape index (κ1) is 20.4. The smallest absolute Gasteiger partial charge is 0.336 e. The van der Waals surface area contributed by atoms with E-state index in [1.165, 1.54) is 6.07 Å². The maximum atomic E-state index is 12.7. The minimum absolute atomic E-state index is 0.0441. The van der Waals surface area contributed by atoms with Gasteiger partial charge >= 0.3 is 5.63 Å². The molecule has 3 rings (SSSR count). The number of fused-ring (bicyclic) bond motifs is 1. The van der Waals surface area contributed by atoms with Crippen molar-refractivity contribution < 1.29 is 13.9 Å². The normalized spacial score (nSPS) is 19.9. The van der Waals surface area contributed by atoms with Crippen LogP contribution >= 0.6 is 0 Å². The van der Waals surface area contributed by atoms with Crippen molar-refractivity contribution in [1.29, 1.82) is 0 Å². The maximum absolute atomic E-state index is 12.7. The summed E-state index contributed by atoms with van der Waals surface area (Å²) >= 11 is 0. The lowest BCUT2D eigenvalue weighted by Crippen LogP contribution is -2.62. The van der Waals surface area contributed by atoms with Crippen molar-refractivity contribution >= 4 is 16.9 Å². The third-order valence-electron chi connectivity index (χ3n) is 5.14. The van der Waals surface area contributed by atoms with Gasteiger partial charge in [0.05, 0.1) is 0 Å². The van der Waals surface area contributed by atoms with Gasteiger partial charge in [0.15, 0.2) is 6.10 Å². The van der Waals surface area contributed by atoms with Gasteiger partial charge in [-0.2, -0.15) is 0 Å². The molecule has 1 aliphatic rings. The van der Waals surface area contributed by atoms with Crippen LogP contribution in [0, 0.1) is 6.92 Å². The zero-order valence-corrected chi connectivity index (χ0v) is 17.5. The van der Waals surface area contributed by atoms with E-state index in [0.717, 1.165) is 23.8 Å². The van der Waals surface area contributed by atoms with Gasteiger partial charge in [-0.25, -0.2) is 4.79 Å². The zero-order chi connectivity index (χ0) is 20.7. The molecule has 0 radical (unpaired) electrons. The Bertz CT molecular complexity index is 929. The number of benzene rings is 1. The molecule has 0 spiro atoms. The van der Waals surface area contributed by atoms with Crippen LogP contribution in [0.5, 0.6) is 5.75 Å². The SMILES string of the molecule is Cc1cc(=O)oc2cc(O[C@@H](C)C(=O)NC3CC(C)(C)NC(C)(C)C3)ccc12. The predicted octanol–water partition coefficient (Wildman–Crippen LogP) is 3.29. The molecule has 1 atom stereocenters. The highest BCUT2D eigenvalue weighted by Crippen LogP contribution is 2.29. The fraction of sp³-hybridized carbons (Fsp3) is 0.545. The number of amides is 1. The zero-order valence-electron chi connectivity index (χ0n) is 17.5. The van der Waals surface area contributed by atoms with E-state index in [2.05, 4.69) is 38.3 Å². The number of piperidine rings is 1. The minimum atomic E-state index is -0.657. The second-order valence-corrected chi connectivity index (χ2v) is 9.17. The molecule has 28 heavy (non-hydrogen) atoms. The fourth-order valence-electron chi connectivity index (χ4n) is 4.38. The quantitative estimate of drug-likeness (QED) is 0.788. The number of nitrogens with one attached hydrogen (secondary N) is 2. The molecule has 6 nitrogen and oxygen atoms in total.